The van der Waals surface area contributed by atoms with Crippen LogP contribution < -0.4 is 4.74 Å². The fraction of sp³-hybridized carbons (Fsp3) is 0.381. The molecule has 1 saturated heterocycles. The summed E-state index contributed by atoms with van der Waals surface area (Å²) >= 11 is 0. The standard InChI is InChI=1S/C21H24N4O4S/c1-14(2)21-23-19(29-24-21)13-25-11-18(12-25)28-17-7-4-15(5-8-17)16-6-9-20(22-10-16)30(3,26)27/h4-10,14,18H,11-13H2,1-3H3. The van der Waals surface area contributed by atoms with Crippen LogP contribution in [-0.4, -0.2) is 53.9 Å². The van der Waals surface area contributed by atoms with Crippen molar-refractivity contribution in [1.82, 2.24) is 20.0 Å². The molecular weight excluding hydrogens is 404 g/mol. The van der Waals surface area contributed by atoms with Crippen LogP contribution in [-0.2, 0) is 16.4 Å². The maximum Gasteiger partial charge on any atom is 0.240 e. The average Bonchev–Trinajstić information content (AvgIpc) is 3.15. The SMILES string of the molecule is CC(C)c1noc(CN2CC(Oc3ccc(-c4ccc(S(C)(=O)=O)nc4)cc3)C2)n1. The molecule has 2 aromatic heterocycles. The number of hydrogen-bond acceptors (Lipinski definition) is 8. The first-order valence-corrected chi connectivity index (χ1v) is 11.6. The number of benzene rings is 1. The molecule has 1 aliphatic heterocycles. The van der Waals surface area contributed by atoms with E-state index in [1.165, 1.54) is 6.07 Å². The van der Waals surface area contributed by atoms with Crippen LogP contribution in [0.2, 0.25) is 0 Å². The van der Waals surface area contributed by atoms with E-state index >= 15 is 0 Å². The molecule has 0 atom stereocenters. The van der Waals surface area contributed by atoms with Gasteiger partial charge in [-0.2, -0.15) is 4.98 Å². The molecule has 0 N–H and O–H groups in total. The lowest BCUT2D eigenvalue weighted by molar-refractivity contribution is 0.00864. The van der Waals surface area contributed by atoms with E-state index in [0.29, 0.717) is 12.4 Å². The van der Waals surface area contributed by atoms with E-state index in [0.717, 1.165) is 42.0 Å². The third-order valence-electron chi connectivity index (χ3n) is 4.89. The molecule has 0 aliphatic carbocycles. The van der Waals surface area contributed by atoms with Gasteiger partial charge in [-0.05, 0) is 29.8 Å². The van der Waals surface area contributed by atoms with Crippen molar-refractivity contribution in [2.24, 2.45) is 0 Å². The normalized spacial score (nSPS) is 15.3. The molecule has 0 radical (unpaired) electrons. The molecule has 1 aromatic carbocycles. The van der Waals surface area contributed by atoms with E-state index in [4.69, 9.17) is 9.26 Å². The van der Waals surface area contributed by atoms with Gasteiger partial charge in [0.15, 0.2) is 20.7 Å². The van der Waals surface area contributed by atoms with Crippen molar-refractivity contribution in [2.45, 2.75) is 37.4 Å². The topological polar surface area (TPSA) is 98.4 Å². The first-order chi connectivity index (χ1) is 14.3. The highest BCUT2D eigenvalue weighted by Gasteiger charge is 2.30. The molecule has 0 bridgehead atoms. The van der Waals surface area contributed by atoms with Gasteiger partial charge in [0.05, 0.1) is 6.54 Å². The van der Waals surface area contributed by atoms with Gasteiger partial charge in [0, 0.05) is 37.0 Å². The summed E-state index contributed by atoms with van der Waals surface area (Å²) in [5.41, 5.74) is 1.80. The van der Waals surface area contributed by atoms with Crippen molar-refractivity contribution in [2.75, 3.05) is 19.3 Å². The minimum Gasteiger partial charge on any atom is -0.488 e. The molecular formula is C21H24N4O4S. The number of nitrogens with zero attached hydrogens (tertiary/aromatic N) is 4. The van der Waals surface area contributed by atoms with Crippen molar-refractivity contribution < 1.29 is 17.7 Å². The quantitative estimate of drug-likeness (QED) is 0.566. The number of hydrogen-bond donors (Lipinski definition) is 0. The lowest BCUT2D eigenvalue weighted by Gasteiger charge is -2.38. The fourth-order valence-electron chi connectivity index (χ4n) is 3.17. The molecule has 0 amide bonds. The first kappa shape index (κ1) is 20.5. The Balaban J connectivity index is 1.29. The van der Waals surface area contributed by atoms with Crippen LogP contribution in [0.4, 0.5) is 0 Å². The van der Waals surface area contributed by atoms with Gasteiger partial charge in [0.25, 0.3) is 0 Å². The van der Waals surface area contributed by atoms with Crippen LogP contribution in [0.5, 0.6) is 5.75 Å². The van der Waals surface area contributed by atoms with Crippen LogP contribution in [0, 0.1) is 0 Å². The van der Waals surface area contributed by atoms with Gasteiger partial charge in [0.1, 0.15) is 11.9 Å². The van der Waals surface area contributed by atoms with Crippen LogP contribution in [0.15, 0.2) is 52.1 Å². The zero-order chi connectivity index (χ0) is 21.3. The highest BCUT2D eigenvalue weighted by atomic mass is 32.2. The van der Waals surface area contributed by atoms with Crippen LogP contribution >= 0.6 is 0 Å². The minimum atomic E-state index is -3.29. The Bertz CT molecular complexity index is 1100. The molecule has 3 heterocycles. The summed E-state index contributed by atoms with van der Waals surface area (Å²) in [6.07, 6.45) is 2.84. The maximum atomic E-state index is 11.5. The van der Waals surface area contributed by atoms with Gasteiger partial charge in [-0.3, -0.25) is 4.90 Å². The summed E-state index contributed by atoms with van der Waals surface area (Å²) in [6, 6.07) is 11.0. The molecule has 8 nitrogen and oxygen atoms in total. The first-order valence-electron chi connectivity index (χ1n) is 9.76. The summed E-state index contributed by atoms with van der Waals surface area (Å²) in [7, 11) is -3.29. The highest BCUT2D eigenvalue weighted by Crippen LogP contribution is 2.25. The Kier molecular flexibility index (Phi) is 5.57. The smallest absolute Gasteiger partial charge is 0.240 e. The molecule has 1 fully saturated rings. The van der Waals surface area contributed by atoms with E-state index in [1.54, 1.807) is 12.3 Å². The summed E-state index contributed by atoms with van der Waals surface area (Å²) in [5.74, 6) is 2.42. The third kappa shape index (κ3) is 4.68. The fourth-order valence-corrected chi connectivity index (χ4v) is 3.73. The van der Waals surface area contributed by atoms with E-state index in [1.807, 2.05) is 38.1 Å². The monoisotopic (exact) mass is 428 g/mol. The largest absolute Gasteiger partial charge is 0.488 e. The van der Waals surface area contributed by atoms with Crippen molar-refractivity contribution in [3.05, 3.63) is 54.3 Å². The molecule has 4 rings (SSSR count). The second-order valence-electron chi connectivity index (χ2n) is 7.82. The third-order valence-corrected chi connectivity index (χ3v) is 5.89. The lowest BCUT2D eigenvalue weighted by atomic mass is 10.1. The lowest BCUT2D eigenvalue weighted by Crippen LogP contribution is -2.53. The zero-order valence-electron chi connectivity index (χ0n) is 17.1. The molecule has 158 valence electrons. The van der Waals surface area contributed by atoms with Gasteiger partial charge in [-0.25, -0.2) is 13.4 Å². The van der Waals surface area contributed by atoms with E-state index in [9.17, 15) is 8.42 Å². The number of aromatic nitrogens is 3. The van der Waals surface area contributed by atoms with E-state index in [-0.39, 0.29) is 17.0 Å². The predicted molar refractivity (Wildman–Crippen MR) is 111 cm³/mol. The number of sulfone groups is 1. The number of likely N-dealkylation sites (tertiary alicyclic amines) is 1. The van der Waals surface area contributed by atoms with Crippen LogP contribution in [0.25, 0.3) is 11.1 Å². The van der Waals surface area contributed by atoms with Crippen molar-refractivity contribution in [3.63, 3.8) is 0 Å². The molecule has 0 saturated carbocycles. The zero-order valence-corrected chi connectivity index (χ0v) is 18.0. The average molecular weight is 429 g/mol. The number of rotatable bonds is 7. The van der Waals surface area contributed by atoms with Gasteiger partial charge in [-0.1, -0.05) is 31.1 Å². The van der Waals surface area contributed by atoms with Crippen LogP contribution in [0.3, 0.4) is 0 Å². The van der Waals surface area contributed by atoms with Gasteiger partial charge < -0.3 is 9.26 Å². The molecule has 0 spiro atoms. The van der Waals surface area contributed by atoms with E-state index < -0.39 is 9.84 Å². The van der Waals surface area contributed by atoms with Crippen molar-refractivity contribution >= 4 is 9.84 Å². The molecule has 1 aliphatic rings. The molecule has 30 heavy (non-hydrogen) atoms. The van der Waals surface area contributed by atoms with Crippen molar-refractivity contribution in [3.8, 4) is 16.9 Å². The second-order valence-corrected chi connectivity index (χ2v) is 9.78. The van der Waals surface area contributed by atoms with Crippen LogP contribution in [0.1, 0.15) is 31.5 Å². The summed E-state index contributed by atoms with van der Waals surface area (Å²) in [4.78, 5) is 10.6. The highest BCUT2D eigenvalue weighted by molar-refractivity contribution is 7.90. The minimum absolute atomic E-state index is 0.0710. The van der Waals surface area contributed by atoms with E-state index in [2.05, 4.69) is 20.0 Å². The Morgan fingerprint density at radius 2 is 1.83 bits per heavy atom. The maximum absolute atomic E-state index is 11.5. The van der Waals surface area contributed by atoms with Crippen molar-refractivity contribution in [1.29, 1.82) is 0 Å². The van der Waals surface area contributed by atoms with Gasteiger partial charge in [0.2, 0.25) is 5.89 Å². The number of pyridine rings is 1. The molecule has 3 aromatic rings. The summed E-state index contributed by atoms with van der Waals surface area (Å²) < 4.78 is 34.3. The van der Waals surface area contributed by atoms with Gasteiger partial charge in [-0.15, -0.1) is 0 Å². The molecule has 0 unspecified atom stereocenters. The van der Waals surface area contributed by atoms with Gasteiger partial charge >= 0.3 is 0 Å². The Labute approximate surface area is 175 Å². The number of ether oxygens (including phenoxy) is 1. The summed E-state index contributed by atoms with van der Waals surface area (Å²) in [5, 5.41) is 4.06. The Morgan fingerprint density at radius 3 is 2.40 bits per heavy atom. The Morgan fingerprint density at radius 1 is 1.13 bits per heavy atom. The molecule has 9 heteroatoms. The summed E-state index contributed by atoms with van der Waals surface area (Å²) in [6.45, 7) is 6.31. The Hall–Kier alpha value is -2.78. The second kappa shape index (κ2) is 8.16. The predicted octanol–water partition coefficient (Wildman–Crippen LogP) is 2.92.